The van der Waals surface area contributed by atoms with E-state index in [1.165, 1.54) is 4.68 Å². The Balaban J connectivity index is 1.21. The highest BCUT2D eigenvalue weighted by Gasteiger charge is 2.51. The van der Waals surface area contributed by atoms with E-state index in [4.69, 9.17) is 17.3 Å². The monoisotopic (exact) mass is 505 g/mol. The smallest absolute Gasteiger partial charge is 0.269 e. The zero-order valence-corrected chi connectivity index (χ0v) is 20.0. The maximum absolute atomic E-state index is 13.5. The van der Waals surface area contributed by atoms with E-state index in [1.54, 1.807) is 35.5 Å². The molecule has 4 aromatic rings. The number of hydrogen-bond donors (Lipinski definition) is 3. The zero-order valence-electron chi connectivity index (χ0n) is 19.3. The van der Waals surface area contributed by atoms with Crippen LogP contribution in [0.5, 0.6) is 0 Å². The maximum atomic E-state index is 13.5. The highest BCUT2D eigenvalue weighted by Crippen LogP contribution is 2.42. The number of nitrogens with two attached hydrogens (primary N) is 1. The van der Waals surface area contributed by atoms with E-state index in [2.05, 4.69) is 20.4 Å². The summed E-state index contributed by atoms with van der Waals surface area (Å²) in [5.41, 5.74) is 7.78. The van der Waals surface area contributed by atoms with Gasteiger partial charge in [-0.3, -0.25) is 19.1 Å². The maximum Gasteiger partial charge on any atom is 0.269 e. The minimum Gasteiger partial charge on any atom is -0.364 e. The molecule has 4 N–H and O–H groups in total. The molecule has 1 aromatic carbocycles. The van der Waals surface area contributed by atoms with E-state index < -0.39 is 11.9 Å². The molecule has 1 saturated heterocycles. The van der Waals surface area contributed by atoms with Crippen LogP contribution in [0.1, 0.15) is 35.3 Å². The molecule has 6 rings (SSSR count). The van der Waals surface area contributed by atoms with Gasteiger partial charge in [0.1, 0.15) is 18.2 Å². The molecule has 36 heavy (non-hydrogen) atoms. The van der Waals surface area contributed by atoms with Gasteiger partial charge in [-0.2, -0.15) is 5.10 Å². The highest BCUT2D eigenvalue weighted by atomic mass is 35.5. The van der Waals surface area contributed by atoms with Gasteiger partial charge >= 0.3 is 0 Å². The number of primary amides is 1. The first-order chi connectivity index (χ1) is 17.4. The molecule has 2 fully saturated rings. The third kappa shape index (κ3) is 3.69. The Hall–Kier alpha value is -3.92. The number of piperidine rings is 1. The summed E-state index contributed by atoms with van der Waals surface area (Å²) in [7, 11) is 0. The lowest BCUT2D eigenvalue weighted by atomic mass is 9.97. The van der Waals surface area contributed by atoms with Gasteiger partial charge in [-0.25, -0.2) is 4.98 Å². The fourth-order valence-corrected chi connectivity index (χ4v) is 5.93. The summed E-state index contributed by atoms with van der Waals surface area (Å²) >= 11 is 6.19. The summed E-state index contributed by atoms with van der Waals surface area (Å²) in [6.07, 6.45) is 5.96. The number of aromatic nitrogens is 4. The molecule has 11 heteroatoms. The van der Waals surface area contributed by atoms with Crippen molar-refractivity contribution in [3.05, 3.63) is 59.0 Å². The van der Waals surface area contributed by atoms with Gasteiger partial charge in [-0.1, -0.05) is 29.8 Å². The van der Waals surface area contributed by atoms with E-state index in [0.29, 0.717) is 21.6 Å². The zero-order chi connectivity index (χ0) is 25.0. The number of fused-ring (bicyclic) bond motifs is 4. The SMILES string of the molecule is NC(=O)c1nn(CC(=O)N2[C@@H]3CC[C@@H](C3)[C@H]2C(=O)NCc2cnc3[nH]cc(Cl)c3c2)c2ccccc12. The van der Waals surface area contributed by atoms with Crippen LogP contribution in [0.25, 0.3) is 21.9 Å². The van der Waals surface area contributed by atoms with Crippen molar-refractivity contribution in [2.24, 2.45) is 11.7 Å². The first kappa shape index (κ1) is 22.5. The number of benzene rings is 1. The minimum atomic E-state index is -0.650. The van der Waals surface area contributed by atoms with Gasteiger partial charge in [-0.05, 0) is 42.9 Å². The van der Waals surface area contributed by atoms with Crippen LogP contribution in [0.4, 0.5) is 0 Å². The number of rotatable bonds is 6. The number of para-hydroxylation sites is 1. The Labute approximate surface area is 210 Å². The van der Waals surface area contributed by atoms with Gasteiger partial charge in [-0.15, -0.1) is 0 Å². The summed E-state index contributed by atoms with van der Waals surface area (Å²) in [6, 6.07) is 8.53. The van der Waals surface area contributed by atoms with Gasteiger partial charge in [0.15, 0.2) is 5.69 Å². The average molecular weight is 506 g/mol. The summed E-state index contributed by atoms with van der Waals surface area (Å²) in [6.45, 7) is 0.207. The van der Waals surface area contributed by atoms with Crippen molar-refractivity contribution in [2.75, 3.05) is 0 Å². The lowest BCUT2D eigenvalue weighted by Crippen LogP contribution is -2.53. The second-order valence-corrected chi connectivity index (χ2v) is 9.86. The molecule has 2 bridgehead atoms. The Bertz CT molecular complexity index is 1530. The van der Waals surface area contributed by atoms with Crippen LogP contribution in [0, 0.1) is 5.92 Å². The first-order valence-electron chi connectivity index (χ1n) is 11.9. The molecule has 2 aliphatic rings. The molecule has 1 saturated carbocycles. The third-order valence-electron chi connectivity index (χ3n) is 7.32. The van der Waals surface area contributed by atoms with Gasteiger partial charge in [0.25, 0.3) is 5.91 Å². The van der Waals surface area contributed by atoms with E-state index in [0.717, 1.165) is 30.2 Å². The molecule has 10 nitrogen and oxygen atoms in total. The molecule has 3 amide bonds. The number of aromatic amines is 1. The van der Waals surface area contributed by atoms with Crippen LogP contribution in [0.15, 0.2) is 42.7 Å². The fraction of sp³-hybridized carbons (Fsp3) is 0.320. The minimum absolute atomic E-state index is 0.0207. The third-order valence-corrected chi connectivity index (χ3v) is 7.63. The number of carbonyl (C=O) groups is 3. The van der Waals surface area contributed by atoms with Gasteiger partial charge < -0.3 is 20.9 Å². The Morgan fingerprint density at radius 3 is 2.86 bits per heavy atom. The van der Waals surface area contributed by atoms with E-state index in [-0.39, 0.29) is 42.6 Å². The predicted octanol–water partition coefficient (Wildman–Crippen LogP) is 2.36. The molecule has 1 aliphatic heterocycles. The largest absolute Gasteiger partial charge is 0.364 e. The Kier molecular flexibility index (Phi) is 5.40. The number of hydrogen-bond acceptors (Lipinski definition) is 5. The molecule has 1 aliphatic carbocycles. The lowest BCUT2D eigenvalue weighted by molar-refractivity contribution is -0.143. The summed E-state index contributed by atoms with van der Waals surface area (Å²) in [4.78, 5) is 47.8. The van der Waals surface area contributed by atoms with Crippen molar-refractivity contribution in [3.63, 3.8) is 0 Å². The molecule has 0 spiro atoms. The van der Waals surface area contributed by atoms with E-state index in [9.17, 15) is 14.4 Å². The van der Waals surface area contributed by atoms with Crippen LogP contribution in [-0.4, -0.2) is 54.5 Å². The molecule has 0 unspecified atom stereocenters. The highest BCUT2D eigenvalue weighted by molar-refractivity contribution is 6.35. The quantitative estimate of drug-likeness (QED) is 0.369. The number of likely N-dealkylation sites (tertiary alicyclic amines) is 1. The molecular formula is C25H24ClN7O3. The number of nitrogens with one attached hydrogen (secondary N) is 2. The predicted molar refractivity (Wildman–Crippen MR) is 133 cm³/mol. The Morgan fingerprint density at radius 2 is 2.03 bits per heavy atom. The number of amides is 3. The van der Waals surface area contributed by atoms with Crippen LogP contribution in [0.2, 0.25) is 5.02 Å². The number of carbonyl (C=O) groups excluding carboxylic acids is 3. The topological polar surface area (TPSA) is 139 Å². The second-order valence-electron chi connectivity index (χ2n) is 9.45. The molecule has 3 aromatic heterocycles. The van der Waals surface area contributed by atoms with Crippen molar-refractivity contribution in [2.45, 2.75) is 44.4 Å². The van der Waals surface area contributed by atoms with Crippen LogP contribution < -0.4 is 11.1 Å². The van der Waals surface area contributed by atoms with Crippen LogP contribution in [-0.2, 0) is 22.7 Å². The van der Waals surface area contributed by atoms with E-state index in [1.807, 2.05) is 12.1 Å². The van der Waals surface area contributed by atoms with Crippen molar-refractivity contribution >= 4 is 51.3 Å². The van der Waals surface area contributed by atoms with Crippen LogP contribution >= 0.6 is 11.6 Å². The molecule has 0 radical (unpaired) electrons. The fourth-order valence-electron chi connectivity index (χ4n) is 5.73. The second kappa shape index (κ2) is 8.63. The lowest BCUT2D eigenvalue weighted by Gasteiger charge is -2.34. The number of H-pyrrole nitrogens is 1. The Morgan fingerprint density at radius 1 is 1.19 bits per heavy atom. The number of nitrogens with zero attached hydrogens (tertiary/aromatic N) is 4. The summed E-state index contributed by atoms with van der Waals surface area (Å²) < 4.78 is 1.50. The van der Waals surface area contributed by atoms with Gasteiger partial charge in [0.05, 0.1) is 10.5 Å². The molecule has 3 atom stereocenters. The van der Waals surface area contributed by atoms with Crippen molar-refractivity contribution in [3.8, 4) is 0 Å². The summed E-state index contributed by atoms with van der Waals surface area (Å²) in [5.74, 6) is -0.912. The molecule has 4 heterocycles. The van der Waals surface area contributed by atoms with E-state index >= 15 is 0 Å². The average Bonchev–Trinajstić information content (AvgIpc) is 3.65. The normalized spacial score (nSPS) is 20.9. The van der Waals surface area contributed by atoms with Crippen LogP contribution in [0.3, 0.4) is 0 Å². The van der Waals surface area contributed by atoms with Gasteiger partial charge in [0.2, 0.25) is 11.8 Å². The molecular weight excluding hydrogens is 482 g/mol. The molecule has 184 valence electrons. The van der Waals surface area contributed by atoms with Gasteiger partial charge in [0, 0.05) is 35.8 Å². The number of pyridine rings is 1. The summed E-state index contributed by atoms with van der Waals surface area (Å²) in [5, 5.41) is 9.26. The van der Waals surface area contributed by atoms with Crippen molar-refractivity contribution in [1.82, 2.24) is 30.0 Å². The van der Waals surface area contributed by atoms with Crippen molar-refractivity contribution in [1.29, 1.82) is 0 Å². The standard InChI is InChI=1S/C25H24ClN7O3/c26-18-11-29-24-17(18)7-13(9-28-24)10-30-25(36)22-14-5-6-15(8-14)33(22)20(34)12-32-19-4-2-1-3-16(19)21(31-32)23(27)35/h1-4,7,9,11,14-15,22H,5-6,8,10,12H2,(H2,27,35)(H,28,29)(H,30,36)/t14-,15+,22-/m0/s1. The number of halogens is 1. The van der Waals surface area contributed by atoms with Crippen molar-refractivity contribution < 1.29 is 14.4 Å². The first-order valence-corrected chi connectivity index (χ1v) is 12.2.